The second-order valence-electron chi connectivity index (χ2n) is 7.16. The number of hydrogen-bond acceptors (Lipinski definition) is 5. The van der Waals surface area contributed by atoms with Crippen LogP contribution in [0.3, 0.4) is 0 Å². The van der Waals surface area contributed by atoms with Crippen LogP contribution >= 0.6 is 15.9 Å². The molecule has 0 heterocycles. The van der Waals surface area contributed by atoms with Crippen molar-refractivity contribution in [1.82, 2.24) is 0 Å². The molecule has 3 rings (SSSR count). The fourth-order valence-electron chi connectivity index (χ4n) is 4.14. The second kappa shape index (κ2) is 6.79. The molecule has 26 heavy (non-hydrogen) atoms. The fourth-order valence-corrected chi connectivity index (χ4v) is 7.93. The first-order valence-electron chi connectivity index (χ1n) is 8.27. The third-order valence-corrected chi connectivity index (χ3v) is 8.95. The van der Waals surface area contributed by atoms with E-state index in [1.807, 2.05) is 0 Å². The third-order valence-electron chi connectivity index (χ3n) is 5.09. The molecule has 2 saturated carbocycles. The van der Waals surface area contributed by atoms with Crippen LogP contribution < -0.4 is 9.03 Å². The minimum atomic E-state index is -4.02. The molecule has 3 atom stereocenters. The highest BCUT2D eigenvalue weighted by atomic mass is 79.9. The zero-order chi connectivity index (χ0) is 19.3. The van der Waals surface area contributed by atoms with Gasteiger partial charge >= 0.3 is 0 Å². The molecule has 1 aromatic rings. The lowest BCUT2D eigenvalue weighted by atomic mass is 9.88. The van der Waals surface area contributed by atoms with Gasteiger partial charge in [-0.15, -0.1) is 0 Å². The van der Waals surface area contributed by atoms with Gasteiger partial charge in [0, 0.05) is 16.1 Å². The van der Waals surface area contributed by atoms with Gasteiger partial charge in [0.2, 0.25) is 26.0 Å². The van der Waals surface area contributed by atoms with E-state index in [2.05, 4.69) is 21.2 Å². The van der Waals surface area contributed by atoms with Crippen molar-refractivity contribution in [3.05, 3.63) is 22.7 Å². The Morgan fingerprint density at radius 1 is 1.12 bits per heavy atom. The van der Waals surface area contributed by atoms with Crippen molar-refractivity contribution in [3.8, 4) is 0 Å². The predicted octanol–water partition coefficient (Wildman–Crippen LogP) is 2.55. The van der Waals surface area contributed by atoms with Crippen molar-refractivity contribution < 1.29 is 21.6 Å². The maximum absolute atomic E-state index is 12.5. The van der Waals surface area contributed by atoms with E-state index in [9.17, 15) is 21.6 Å². The van der Waals surface area contributed by atoms with Crippen molar-refractivity contribution in [3.63, 3.8) is 0 Å². The molecule has 1 amide bonds. The summed E-state index contributed by atoms with van der Waals surface area (Å²) in [5, 5.41) is 2.87. The Morgan fingerprint density at radius 2 is 1.77 bits per heavy atom. The van der Waals surface area contributed by atoms with Gasteiger partial charge in [0.1, 0.15) is 0 Å². The highest BCUT2D eigenvalue weighted by molar-refractivity contribution is 9.10. The average Bonchev–Trinajstić information content (AvgIpc) is 3.10. The summed E-state index contributed by atoms with van der Waals surface area (Å²) >= 11 is 3.22. The molecule has 10 heteroatoms. The van der Waals surface area contributed by atoms with Crippen LogP contribution in [0.2, 0.25) is 0 Å². The van der Waals surface area contributed by atoms with Gasteiger partial charge in [-0.05, 0) is 65.2 Å². The average molecular weight is 465 g/mol. The van der Waals surface area contributed by atoms with Gasteiger partial charge in [-0.25, -0.2) is 16.8 Å². The highest BCUT2D eigenvalue weighted by Gasteiger charge is 2.43. The van der Waals surface area contributed by atoms with E-state index in [0.29, 0.717) is 21.2 Å². The number of rotatable bonds is 5. The van der Waals surface area contributed by atoms with Crippen LogP contribution in [0.4, 0.5) is 11.4 Å². The molecule has 3 unspecified atom stereocenters. The number of amides is 1. The van der Waals surface area contributed by atoms with Gasteiger partial charge in [0.15, 0.2) is 0 Å². The number of fused-ring (bicyclic) bond motifs is 2. The van der Waals surface area contributed by atoms with Crippen LogP contribution in [0, 0.1) is 17.8 Å². The van der Waals surface area contributed by atoms with Crippen LogP contribution in [0.5, 0.6) is 0 Å². The first-order valence-corrected chi connectivity index (χ1v) is 12.8. The van der Waals surface area contributed by atoms with Gasteiger partial charge in [0.05, 0.1) is 18.2 Å². The summed E-state index contributed by atoms with van der Waals surface area (Å²) in [5.74, 6) is 1.10. The lowest BCUT2D eigenvalue weighted by Gasteiger charge is -2.23. The van der Waals surface area contributed by atoms with E-state index in [1.165, 1.54) is 24.6 Å². The minimum absolute atomic E-state index is 0.0204. The van der Waals surface area contributed by atoms with E-state index in [1.54, 1.807) is 0 Å². The van der Waals surface area contributed by atoms with Crippen LogP contribution in [-0.4, -0.2) is 35.3 Å². The van der Waals surface area contributed by atoms with Crippen LogP contribution in [0.25, 0.3) is 0 Å². The molecule has 2 bridgehead atoms. The minimum Gasteiger partial charge on any atom is -0.326 e. The summed E-state index contributed by atoms with van der Waals surface area (Å²) in [7, 11) is -8.05. The van der Waals surface area contributed by atoms with Crippen molar-refractivity contribution in [1.29, 1.82) is 0 Å². The molecule has 0 spiro atoms. The van der Waals surface area contributed by atoms with E-state index in [-0.39, 0.29) is 22.0 Å². The molecule has 2 aliphatic carbocycles. The Hall–Kier alpha value is -1.13. The number of nitrogens with zero attached hydrogens (tertiary/aromatic N) is 1. The van der Waals surface area contributed by atoms with E-state index in [0.717, 1.165) is 31.8 Å². The normalized spacial score (nSPS) is 25.3. The van der Waals surface area contributed by atoms with Crippen molar-refractivity contribution in [2.75, 3.05) is 21.5 Å². The highest BCUT2D eigenvalue weighted by Crippen LogP contribution is 2.48. The maximum atomic E-state index is 12.5. The van der Waals surface area contributed by atoms with Gasteiger partial charge in [-0.2, -0.15) is 3.71 Å². The Labute approximate surface area is 162 Å². The number of halogens is 1. The largest absolute Gasteiger partial charge is 0.326 e. The topological polar surface area (TPSA) is 101 Å². The van der Waals surface area contributed by atoms with Crippen LogP contribution in [-0.2, 0) is 24.8 Å². The molecule has 1 N–H and O–H groups in total. The Kier molecular flexibility index (Phi) is 5.13. The lowest BCUT2D eigenvalue weighted by molar-refractivity contribution is -0.121. The number of benzene rings is 1. The molecule has 0 radical (unpaired) electrons. The van der Waals surface area contributed by atoms with Crippen molar-refractivity contribution in [2.45, 2.75) is 25.7 Å². The predicted molar refractivity (Wildman–Crippen MR) is 104 cm³/mol. The van der Waals surface area contributed by atoms with E-state index in [4.69, 9.17) is 0 Å². The zero-order valence-electron chi connectivity index (χ0n) is 14.5. The van der Waals surface area contributed by atoms with Gasteiger partial charge in [0.25, 0.3) is 0 Å². The number of hydrogen-bond donors (Lipinski definition) is 1. The molecule has 0 aromatic heterocycles. The zero-order valence-corrected chi connectivity index (χ0v) is 17.7. The Bertz CT molecular complexity index is 913. The summed E-state index contributed by atoms with van der Waals surface area (Å²) in [6.45, 7) is 0. The SMILES string of the molecule is CS(=O)(=O)N(c1ccc(NC(=O)C2CC3CCC2C3)cc1Br)S(C)(=O)=O. The van der Waals surface area contributed by atoms with Gasteiger partial charge in [-0.1, -0.05) is 6.42 Å². The molecule has 144 valence electrons. The standard InChI is InChI=1S/C16H21BrN2O5S2/c1-25(21,22)19(26(2,23)24)15-6-5-12(9-14(15)17)18-16(20)13-8-10-3-4-11(13)7-10/h5-6,9-11,13H,3-4,7-8H2,1-2H3,(H,18,20). The first-order chi connectivity index (χ1) is 12.0. The Morgan fingerprint density at radius 3 is 2.23 bits per heavy atom. The summed E-state index contributed by atoms with van der Waals surface area (Å²) in [4.78, 5) is 12.5. The molecule has 0 aliphatic heterocycles. The Balaban J connectivity index is 1.82. The summed E-state index contributed by atoms with van der Waals surface area (Å²) < 4.78 is 48.2. The first kappa shape index (κ1) is 19.6. The quantitative estimate of drug-likeness (QED) is 0.721. The monoisotopic (exact) mass is 464 g/mol. The molecule has 2 aliphatic rings. The number of carbonyl (C=O) groups is 1. The van der Waals surface area contributed by atoms with Crippen LogP contribution in [0.15, 0.2) is 22.7 Å². The molecular weight excluding hydrogens is 444 g/mol. The number of sulfonamides is 2. The van der Waals surface area contributed by atoms with Crippen molar-refractivity contribution in [2.24, 2.45) is 17.8 Å². The fraction of sp³-hybridized carbons (Fsp3) is 0.562. The summed E-state index contributed by atoms with van der Waals surface area (Å²) in [6, 6.07) is 4.39. The van der Waals surface area contributed by atoms with Gasteiger partial charge < -0.3 is 5.32 Å². The molecule has 2 fully saturated rings. The second-order valence-corrected chi connectivity index (χ2v) is 11.9. The smallest absolute Gasteiger partial charge is 0.245 e. The number of anilines is 2. The number of nitrogens with one attached hydrogen (secondary N) is 1. The van der Waals surface area contributed by atoms with Crippen molar-refractivity contribution >= 4 is 53.3 Å². The summed E-state index contributed by atoms with van der Waals surface area (Å²) in [5.41, 5.74) is 0.475. The van der Waals surface area contributed by atoms with Crippen LogP contribution in [0.1, 0.15) is 25.7 Å². The van der Waals surface area contributed by atoms with Gasteiger partial charge in [-0.3, -0.25) is 4.79 Å². The van der Waals surface area contributed by atoms with E-state index >= 15 is 0 Å². The molecule has 0 saturated heterocycles. The molecule has 1 aromatic carbocycles. The number of carbonyl (C=O) groups excluding carboxylic acids is 1. The molecular formula is C16H21BrN2O5S2. The maximum Gasteiger partial charge on any atom is 0.245 e. The van der Waals surface area contributed by atoms with E-state index < -0.39 is 20.0 Å². The summed E-state index contributed by atoms with van der Waals surface area (Å²) in [6.07, 6.45) is 6.01. The third kappa shape index (κ3) is 3.91. The molecule has 7 nitrogen and oxygen atoms in total. The lowest BCUT2D eigenvalue weighted by Crippen LogP contribution is -2.35.